The van der Waals surface area contributed by atoms with Crippen molar-refractivity contribution in [1.29, 1.82) is 0 Å². The summed E-state index contributed by atoms with van der Waals surface area (Å²) in [5.74, 6) is -0.460. The standard InChI is InChI=1S/C14H15ClN2O2S/c1-4-17(10-7-5-9(2)6-8-10)14-16-12(15)11(20-14)13(18)19-3/h5-8H,4H2,1-3H3. The highest BCUT2D eigenvalue weighted by Gasteiger charge is 2.20. The molecule has 2 aromatic rings. The normalized spacial score (nSPS) is 10.4. The van der Waals surface area contributed by atoms with Crippen molar-refractivity contribution in [2.24, 2.45) is 0 Å². The minimum Gasteiger partial charge on any atom is -0.465 e. The summed E-state index contributed by atoms with van der Waals surface area (Å²) in [6.07, 6.45) is 0. The van der Waals surface area contributed by atoms with Gasteiger partial charge < -0.3 is 9.64 Å². The van der Waals surface area contributed by atoms with Crippen LogP contribution in [0, 0.1) is 6.92 Å². The number of hydrogen-bond donors (Lipinski definition) is 0. The Bertz CT molecular complexity index is 610. The lowest BCUT2D eigenvalue weighted by Gasteiger charge is -2.19. The number of carbonyl (C=O) groups excluding carboxylic acids is 1. The maximum Gasteiger partial charge on any atom is 0.351 e. The van der Waals surface area contributed by atoms with Gasteiger partial charge in [-0.25, -0.2) is 9.78 Å². The minimum absolute atomic E-state index is 0.183. The van der Waals surface area contributed by atoms with E-state index in [-0.39, 0.29) is 5.15 Å². The Labute approximate surface area is 127 Å². The molecule has 2 rings (SSSR count). The Morgan fingerprint density at radius 1 is 1.40 bits per heavy atom. The first-order valence-electron chi connectivity index (χ1n) is 6.15. The molecule has 0 aliphatic heterocycles. The van der Waals surface area contributed by atoms with E-state index in [0.717, 1.165) is 12.2 Å². The Morgan fingerprint density at radius 2 is 2.05 bits per heavy atom. The molecule has 0 saturated heterocycles. The molecule has 4 nitrogen and oxygen atoms in total. The third-order valence-electron chi connectivity index (χ3n) is 2.84. The van der Waals surface area contributed by atoms with E-state index in [0.29, 0.717) is 10.0 Å². The van der Waals surface area contributed by atoms with Crippen LogP contribution < -0.4 is 4.90 Å². The summed E-state index contributed by atoms with van der Waals surface area (Å²) in [7, 11) is 1.33. The number of benzene rings is 1. The number of thiazole rings is 1. The van der Waals surface area contributed by atoms with Crippen LogP contribution in [0.5, 0.6) is 0 Å². The van der Waals surface area contributed by atoms with E-state index >= 15 is 0 Å². The second-order valence-corrected chi connectivity index (χ2v) is 5.52. The number of aromatic nitrogens is 1. The van der Waals surface area contributed by atoms with E-state index in [1.807, 2.05) is 43.0 Å². The molecule has 0 atom stereocenters. The van der Waals surface area contributed by atoms with E-state index < -0.39 is 5.97 Å². The van der Waals surface area contributed by atoms with Gasteiger partial charge in [-0.3, -0.25) is 0 Å². The summed E-state index contributed by atoms with van der Waals surface area (Å²) in [4.78, 5) is 18.2. The minimum atomic E-state index is -0.460. The first-order valence-corrected chi connectivity index (χ1v) is 7.35. The third-order valence-corrected chi connectivity index (χ3v) is 4.28. The molecule has 1 aromatic heterocycles. The fraction of sp³-hybridized carbons (Fsp3) is 0.286. The monoisotopic (exact) mass is 310 g/mol. The Balaban J connectivity index is 2.37. The van der Waals surface area contributed by atoms with Gasteiger partial charge in [0.25, 0.3) is 0 Å². The number of rotatable bonds is 4. The molecule has 6 heteroatoms. The Kier molecular flexibility index (Phi) is 4.62. The van der Waals surface area contributed by atoms with Gasteiger partial charge in [0.2, 0.25) is 0 Å². The summed E-state index contributed by atoms with van der Waals surface area (Å²) in [5, 5.41) is 0.865. The van der Waals surface area contributed by atoms with Crippen LogP contribution in [0.25, 0.3) is 0 Å². The van der Waals surface area contributed by atoms with Crippen LogP contribution in [0.4, 0.5) is 10.8 Å². The zero-order chi connectivity index (χ0) is 14.7. The van der Waals surface area contributed by atoms with Gasteiger partial charge in [0.05, 0.1) is 7.11 Å². The first kappa shape index (κ1) is 14.8. The topological polar surface area (TPSA) is 42.4 Å². The van der Waals surface area contributed by atoms with Crippen molar-refractivity contribution in [3.8, 4) is 0 Å². The fourth-order valence-electron chi connectivity index (χ4n) is 1.78. The van der Waals surface area contributed by atoms with E-state index in [1.165, 1.54) is 24.0 Å². The van der Waals surface area contributed by atoms with Gasteiger partial charge in [0.15, 0.2) is 15.2 Å². The van der Waals surface area contributed by atoms with E-state index in [1.54, 1.807) is 0 Å². The maximum atomic E-state index is 11.6. The van der Waals surface area contributed by atoms with Gasteiger partial charge in [-0.2, -0.15) is 0 Å². The average Bonchev–Trinajstić information content (AvgIpc) is 2.83. The molecule has 0 bridgehead atoms. The molecule has 0 saturated carbocycles. The molecule has 0 aliphatic carbocycles. The number of methoxy groups -OCH3 is 1. The number of aryl methyl sites for hydroxylation is 1. The SMILES string of the molecule is CCN(c1ccc(C)cc1)c1nc(Cl)c(C(=O)OC)s1. The van der Waals surface area contributed by atoms with Crippen molar-refractivity contribution >= 4 is 39.7 Å². The van der Waals surface area contributed by atoms with Crippen molar-refractivity contribution < 1.29 is 9.53 Å². The summed E-state index contributed by atoms with van der Waals surface area (Å²) in [6, 6.07) is 8.11. The van der Waals surface area contributed by atoms with Crippen LogP contribution in [0.15, 0.2) is 24.3 Å². The van der Waals surface area contributed by atoms with E-state index in [2.05, 4.69) is 4.98 Å². The molecule has 0 amide bonds. The van der Waals surface area contributed by atoms with Crippen molar-refractivity contribution in [1.82, 2.24) is 4.98 Å². The summed E-state index contributed by atoms with van der Waals surface area (Å²) in [6.45, 7) is 4.79. The summed E-state index contributed by atoms with van der Waals surface area (Å²) < 4.78 is 4.69. The van der Waals surface area contributed by atoms with Gasteiger partial charge in [0.1, 0.15) is 0 Å². The van der Waals surface area contributed by atoms with Crippen molar-refractivity contribution in [3.05, 3.63) is 39.9 Å². The second-order valence-electron chi connectivity index (χ2n) is 4.19. The fourth-order valence-corrected chi connectivity index (χ4v) is 3.06. The van der Waals surface area contributed by atoms with E-state index in [9.17, 15) is 4.79 Å². The molecule has 0 N–H and O–H groups in total. The van der Waals surface area contributed by atoms with Gasteiger partial charge >= 0.3 is 5.97 Å². The highest BCUT2D eigenvalue weighted by molar-refractivity contribution is 7.18. The number of anilines is 2. The lowest BCUT2D eigenvalue weighted by Crippen LogP contribution is -2.15. The van der Waals surface area contributed by atoms with Gasteiger partial charge in [-0.1, -0.05) is 40.6 Å². The number of hydrogen-bond acceptors (Lipinski definition) is 5. The smallest absolute Gasteiger partial charge is 0.351 e. The van der Waals surface area contributed by atoms with Crippen LogP contribution in [0.1, 0.15) is 22.2 Å². The van der Waals surface area contributed by atoms with Crippen LogP contribution in [-0.2, 0) is 4.74 Å². The zero-order valence-corrected chi connectivity index (χ0v) is 13.1. The van der Waals surface area contributed by atoms with Crippen molar-refractivity contribution in [2.45, 2.75) is 13.8 Å². The summed E-state index contributed by atoms with van der Waals surface area (Å²) in [5.41, 5.74) is 2.21. The number of halogens is 1. The Morgan fingerprint density at radius 3 is 2.60 bits per heavy atom. The predicted molar refractivity (Wildman–Crippen MR) is 82.3 cm³/mol. The third kappa shape index (κ3) is 2.94. The number of esters is 1. The number of ether oxygens (including phenoxy) is 1. The highest BCUT2D eigenvalue weighted by Crippen LogP contribution is 2.34. The number of carbonyl (C=O) groups is 1. The number of nitrogens with zero attached hydrogens (tertiary/aromatic N) is 2. The van der Waals surface area contributed by atoms with Crippen LogP contribution in [-0.4, -0.2) is 24.6 Å². The average molecular weight is 311 g/mol. The zero-order valence-electron chi connectivity index (χ0n) is 11.5. The quantitative estimate of drug-likeness (QED) is 0.799. The van der Waals surface area contributed by atoms with Gasteiger partial charge in [0, 0.05) is 12.2 Å². The molecular weight excluding hydrogens is 296 g/mol. The van der Waals surface area contributed by atoms with Crippen LogP contribution in [0.3, 0.4) is 0 Å². The highest BCUT2D eigenvalue weighted by atomic mass is 35.5. The van der Waals surface area contributed by atoms with Gasteiger partial charge in [-0.15, -0.1) is 0 Å². The molecule has 106 valence electrons. The molecule has 20 heavy (non-hydrogen) atoms. The van der Waals surface area contributed by atoms with E-state index in [4.69, 9.17) is 16.3 Å². The molecular formula is C14H15ClN2O2S. The lowest BCUT2D eigenvalue weighted by molar-refractivity contribution is 0.0606. The maximum absolute atomic E-state index is 11.6. The lowest BCUT2D eigenvalue weighted by atomic mass is 10.2. The molecule has 0 fully saturated rings. The van der Waals surface area contributed by atoms with Crippen molar-refractivity contribution in [3.63, 3.8) is 0 Å². The molecule has 0 radical (unpaired) electrons. The molecule has 1 heterocycles. The largest absolute Gasteiger partial charge is 0.465 e. The molecule has 0 spiro atoms. The van der Waals surface area contributed by atoms with Gasteiger partial charge in [-0.05, 0) is 26.0 Å². The predicted octanol–water partition coefficient (Wildman–Crippen LogP) is 4.05. The van der Waals surface area contributed by atoms with Crippen molar-refractivity contribution in [2.75, 3.05) is 18.6 Å². The van der Waals surface area contributed by atoms with Crippen LogP contribution in [0.2, 0.25) is 5.15 Å². The first-order chi connectivity index (χ1) is 9.56. The summed E-state index contributed by atoms with van der Waals surface area (Å²) >= 11 is 7.24. The molecule has 0 aliphatic rings. The Hall–Kier alpha value is -1.59. The van der Waals surface area contributed by atoms with Crippen LogP contribution >= 0.6 is 22.9 Å². The second kappa shape index (κ2) is 6.24. The molecule has 1 aromatic carbocycles. The molecule has 0 unspecified atom stereocenters.